The van der Waals surface area contributed by atoms with Crippen molar-refractivity contribution in [2.45, 2.75) is 51.8 Å². The van der Waals surface area contributed by atoms with E-state index in [4.69, 9.17) is 10.5 Å². The lowest BCUT2D eigenvalue weighted by Gasteiger charge is -2.65. The smallest absolute Gasteiger partial charge is 0.241 e. The lowest BCUT2D eigenvalue weighted by Crippen LogP contribution is -2.82. The minimum absolute atomic E-state index is 0. The van der Waals surface area contributed by atoms with Crippen LogP contribution < -0.4 is 11.1 Å². The van der Waals surface area contributed by atoms with Gasteiger partial charge in [-0.25, -0.2) is 0 Å². The number of thiophene rings is 1. The number of nitrogens with one attached hydrogen (secondary N) is 1. The van der Waals surface area contributed by atoms with Crippen molar-refractivity contribution in [3.05, 3.63) is 21.9 Å². The van der Waals surface area contributed by atoms with Gasteiger partial charge in [0, 0.05) is 27.7 Å². The molecule has 1 aliphatic heterocycles. The average Bonchev–Trinajstić information content (AvgIpc) is 2.89. The van der Waals surface area contributed by atoms with Gasteiger partial charge in [-0.15, -0.1) is 23.7 Å². The van der Waals surface area contributed by atoms with Crippen molar-refractivity contribution in [2.24, 2.45) is 17.1 Å². The van der Waals surface area contributed by atoms with Crippen molar-refractivity contribution in [1.82, 2.24) is 5.32 Å². The number of nitrogens with two attached hydrogens (primary N) is 1. The molecule has 3 N–H and O–H groups in total. The fraction of sp³-hybridized carbons (Fsp3) is 0.688. The van der Waals surface area contributed by atoms with Crippen LogP contribution >= 0.6 is 23.7 Å². The third-order valence-electron chi connectivity index (χ3n) is 5.28. The molecule has 0 spiro atoms. The van der Waals surface area contributed by atoms with Gasteiger partial charge in [0.1, 0.15) is 5.54 Å². The van der Waals surface area contributed by atoms with Crippen molar-refractivity contribution < 1.29 is 9.53 Å². The van der Waals surface area contributed by atoms with Crippen LogP contribution in [0.25, 0.3) is 0 Å². The van der Waals surface area contributed by atoms with Gasteiger partial charge in [0.05, 0.1) is 12.6 Å². The van der Waals surface area contributed by atoms with E-state index in [1.54, 1.807) is 11.3 Å². The first-order valence-electron chi connectivity index (χ1n) is 7.61. The van der Waals surface area contributed by atoms with Gasteiger partial charge in [0.15, 0.2) is 0 Å². The Morgan fingerprint density at radius 3 is 2.86 bits per heavy atom. The van der Waals surface area contributed by atoms with Crippen LogP contribution in [-0.2, 0) is 16.1 Å². The molecule has 124 valence electrons. The number of carbonyl (C=O) groups excluding carboxylic acids is 1. The van der Waals surface area contributed by atoms with Crippen LogP contribution in [-0.4, -0.2) is 24.2 Å². The van der Waals surface area contributed by atoms with Gasteiger partial charge in [-0.1, -0.05) is 13.8 Å². The van der Waals surface area contributed by atoms with Crippen LogP contribution in [0.1, 0.15) is 36.4 Å². The predicted octanol–water partition coefficient (Wildman–Crippen LogP) is 2.63. The molecule has 1 saturated carbocycles. The van der Waals surface area contributed by atoms with Crippen LogP contribution in [0.5, 0.6) is 0 Å². The van der Waals surface area contributed by atoms with Gasteiger partial charge < -0.3 is 15.8 Å². The van der Waals surface area contributed by atoms with Crippen LogP contribution in [0.2, 0.25) is 0 Å². The normalized spacial score (nSPS) is 32.4. The number of hydrogen-bond acceptors (Lipinski definition) is 4. The van der Waals surface area contributed by atoms with E-state index in [-0.39, 0.29) is 35.8 Å². The number of aryl methyl sites for hydroxylation is 1. The van der Waals surface area contributed by atoms with Crippen LogP contribution in [0.15, 0.2) is 12.1 Å². The Kier molecular flexibility index (Phi) is 4.93. The molecule has 3 atom stereocenters. The second-order valence-electron chi connectivity index (χ2n) is 6.83. The number of rotatable bonds is 3. The highest BCUT2D eigenvalue weighted by Gasteiger charge is 2.70. The highest BCUT2D eigenvalue weighted by atomic mass is 35.5. The van der Waals surface area contributed by atoms with Crippen LogP contribution in [0, 0.1) is 18.3 Å². The molecule has 1 aromatic heterocycles. The zero-order valence-corrected chi connectivity index (χ0v) is 15.0. The van der Waals surface area contributed by atoms with Crippen LogP contribution in [0.3, 0.4) is 0 Å². The maximum Gasteiger partial charge on any atom is 0.241 e. The summed E-state index contributed by atoms with van der Waals surface area (Å²) < 4.78 is 5.85. The molecular formula is C16H25ClN2O2S. The Balaban J connectivity index is 0.00000176. The molecule has 0 radical (unpaired) electrons. The Labute approximate surface area is 142 Å². The fourth-order valence-electron chi connectivity index (χ4n) is 3.93. The summed E-state index contributed by atoms with van der Waals surface area (Å²) in [6.07, 6.45) is 2.09. The summed E-state index contributed by atoms with van der Waals surface area (Å²) in [6, 6.07) is 4.13. The van der Waals surface area contributed by atoms with Crippen molar-refractivity contribution in [3.63, 3.8) is 0 Å². The Morgan fingerprint density at radius 2 is 2.23 bits per heavy atom. The van der Waals surface area contributed by atoms with E-state index in [1.165, 1.54) is 4.88 Å². The number of amides is 1. The summed E-state index contributed by atoms with van der Waals surface area (Å²) in [4.78, 5) is 15.1. The van der Waals surface area contributed by atoms with E-state index >= 15 is 0 Å². The zero-order valence-electron chi connectivity index (χ0n) is 13.3. The van der Waals surface area contributed by atoms with E-state index in [2.05, 4.69) is 24.4 Å². The first kappa shape index (κ1) is 17.7. The summed E-state index contributed by atoms with van der Waals surface area (Å²) in [5, 5.41) is 3.03. The molecule has 1 saturated heterocycles. The summed E-state index contributed by atoms with van der Waals surface area (Å²) in [6.45, 7) is 7.52. The molecular weight excluding hydrogens is 320 g/mol. The Morgan fingerprint density at radius 1 is 1.50 bits per heavy atom. The second-order valence-corrected chi connectivity index (χ2v) is 8.20. The largest absolute Gasteiger partial charge is 0.377 e. The van der Waals surface area contributed by atoms with E-state index in [1.807, 2.05) is 13.8 Å². The molecule has 1 aromatic rings. The van der Waals surface area contributed by atoms with Crippen LogP contribution in [0.4, 0.5) is 0 Å². The topological polar surface area (TPSA) is 64.4 Å². The average molecular weight is 345 g/mol. The number of carbonyl (C=O) groups is 1. The molecule has 22 heavy (non-hydrogen) atoms. The standard InChI is InChI=1S/C16H24N2O2S.ClH/c1-10-6-7-11(21-10)9-18-14(19)16(17)12-5-4-8-20-13(12)15(16,2)3;/h6-7,12-13H,4-5,8-9,17H2,1-3H3,(H,18,19);1H. The van der Waals surface area contributed by atoms with Crippen molar-refractivity contribution in [3.8, 4) is 0 Å². The van der Waals surface area contributed by atoms with Gasteiger partial charge in [-0.2, -0.15) is 0 Å². The van der Waals surface area contributed by atoms with Crippen molar-refractivity contribution in [1.29, 1.82) is 0 Å². The third kappa shape index (κ3) is 2.48. The molecule has 2 aliphatic rings. The van der Waals surface area contributed by atoms with Crippen molar-refractivity contribution in [2.75, 3.05) is 6.61 Å². The molecule has 1 amide bonds. The maximum atomic E-state index is 12.7. The lowest BCUT2D eigenvalue weighted by molar-refractivity contribution is -0.225. The minimum atomic E-state index is -0.815. The van der Waals surface area contributed by atoms with Crippen molar-refractivity contribution >= 4 is 29.7 Å². The number of ether oxygens (including phenoxy) is 1. The van der Waals surface area contributed by atoms with Gasteiger partial charge in [-0.3, -0.25) is 4.79 Å². The van der Waals surface area contributed by atoms with E-state index in [9.17, 15) is 4.79 Å². The lowest BCUT2D eigenvalue weighted by atomic mass is 9.46. The minimum Gasteiger partial charge on any atom is -0.377 e. The van der Waals surface area contributed by atoms with Gasteiger partial charge >= 0.3 is 0 Å². The SMILES string of the molecule is Cc1ccc(CNC(=O)C2(N)C3CCCOC3C2(C)C)s1.Cl. The van der Waals surface area contributed by atoms with E-state index in [0.29, 0.717) is 6.54 Å². The summed E-state index contributed by atoms with van der Waals surface area (Å²) >= 11 is 1.71. The highest BCUT2D eigenvalue weighted by molar-refractivity contribution is 7.11. The summed E-state index contributed by atoms with van der Waals surface area (Å²) in [5.74, 6) is 0.108. The maximum absolute atomic E-state index is 12.7. The first-order valence-corrected chi connectivity index (χ1v) is 8.43. The fourth-order valence-corrected chi connectivity index (χ4v) is 4.76. The van der Waals surface area contributed by atoms with E-state index < -0.39 is 5.54 Å². The molecule has 3 unspecified atom stereocenters. The first-order chi connectivity index (χ1) is 9.87. The predicted molar refractivity (Wildman–Crippen MR) is 91.3 cm³/mol. The molecule has 2 heterocycles. The second kappa shape index (κ2) is 6.11. The van der Waals surface area contributed by atoms with Gasteiger partial charge in [0.25, 0.3) is 0 Å². The number of hydrogen-bond donors (Lipinski definition) is 2. The zero-order chi connectivity index (χ0) is 15.3. The van der Waals surface area contributed by atoms with Gasteiger partial charge in [0.2, 0.25) is 5.91 Å². The summed E-state index contributed by atoms with van der Waals surface area (Å²) in [5.41, 5.74) is 5.43. The number of halogens is 1. The molecule has 6 heteroatoms. The summed E-state index contributed by atoms with van der Waals surface area (Å²) in [7, 11) is 0. The third-order valence-corrected chi connectivity index (χ3v) is 6.28. The molecule has 3 rings (SSSR count). The van der Waals surface area contributed by atoms with E-state index in [0.717, 1.165) is 24.3 Å². The van der Waals surface area contributed by atoms with Gasteiger partial charge in [-0.05, 0) is 31.9 Å². The number of fused-ring (bicyclic) bond motifs is 1. The molecule has 4 nitrogen and oxygen atoms in total. The Bertz CT molecular complexity index is 560. The molecule has 0 aromatic carbocycles. The highest BCUT2D eigenvalue weighted by Crippen LogP contribution is 2.57. The quantitative estimate of drug-likeness (QED) is 0.886. The molecule has 0 bridgehead atoms. The Hall–Kier alpha value is -0.620. The molecule has 1 aliphatic carbocycles. The monoisotopic (exact) mass is 344 g/mol. The molecule has 2 fully saturated rings.